The van der Waals surface area contributed by atoms with Crippen molar-refractivity contribution >= 4 is 82.1 Å². The van der Waals surface area contributed by atoms with Gasteiger partial charge < -0.3 is 46.1 Å². The van der Waals surface area contributed by atoms with Crippen LogP contribution in [0.3, 0.4) is 0 Å². The van der Waals surface area contributed by atoms with E-state index >= 15 is 4.79 Å². The Kier molecular flexibility index (Phi) is 33.5. The van der Waals surface area contributed by atoms with Crippen LogP contribution in [0.5, 0.6) is 0 Å². The van der Waals surface area contributed by atoms with Crippen molar-refractivity contribution in [2.75, 3.05) is 45.2 Å². The van der Waals surface area contributed by atoms with Crippen LogP contribution in [0.1, 0.15) is 203 Å². The van der Waals surface area contributed by atoms with Gasteiger partial charge in [0.2, 0.25) is 17.7 Å². The van der Waals surface area contributed by atoms with E-state index in [-0.39, 0.29) is 122 Å². The Bertz CT molecular complexity index is 3120. The molecule has 0 unspecified atom stereocenters. The Morgan fingerprint density at radius 3 is 2.12 bits per heavy atom. The lowest BCUT2D eigenvalue weighted by Crippen LogP contribution is -2.51. The number of urea groups is 1. The normalized spacial score (nSPS) is 16.4. The molecule has 534 valence electrons. The molecule has 9 atom stereocenters. The van der Waals surface area contributed by atoms with Crippen LogP contribution in [-0.4, -0.2) is 149 Å². The second-order valence-corrected chi connectivity index (χ2v) is 27.6. The summed E-state index contributed by atoms with van der Waals surface area (Å²) in [5.41, 5.74) is 8.63. The van der Waals surface area contributed by atoms with Crippen LogP contribution in [0.2, 0.25) is 0 Å². The largest absolute Gasteiger partial charge is 0.469 e. The predicted molar refractivity (Wildman–Crippen MR) is 371 cm³/mol. The van der Waals surface area contributed by atoms with Gasteiger partial charge >= 0.3 is 18.1 Å². The van der Waals surface area contributed by atoms with E-state index in [2.05, 4.69) is 35.1 Å². The van der Waals surface area contributed by atoms with Gasteiger partial charge in [-0.15, -0.1) is 11.3 Å². The maximum atomic E-state index is 15.3. The number of rotatable bonds is 42. The minimum absolute atomic E-state index is 0.0447. The minimum Gasteiger partial charge on any atom is -0.469 e. The van der Waals surface area contributed by atoms with E-state index in [0.29, 0.717) is 113 Å². The highest BCUT2D eigenvalue weighted by Gasteiger charge is 2.41. The average molecular weight is 1370 g/mol. The van der Waals surface area contributed by atoms with Gasteiger partial charge in [0, 0.05) is 106 Å². The quantitative estimate of drug-likeness (QED) is 0.0200. The summed E-state index contributed by atoms with van der Waals surface area (Å²) >= 11 is 1.32. The molecule has 6 N–H and O–H groups in total. The molecule has 2 aromatic carbocycles. The lowest BCUT2D eigenvalue weighted by molar-refractivity contribution is -0.145. The van der Waals surface area contributed by atoms with E-state index in [9.17, 15) is 47.9 Å². The summed E-state index contributed by atoms with van der Waals surface area (Å²) in [6.07, 6.45) is 8.22. The zero-order valence-electron chi connectivity index (χ0n) is 59.0. The number of methoxy groups -OCH3 is 1. The molecule has 23 nitrogen and oxygen atoms in total. The molecule has 24 heteroatoms. The number of nitrogens with two attached hydrogens (primary N) is 1. The van der Waals surface area contributed by atoms with Crippen LogP contribution in [0.15, 0.2) is 66.1 Å². The number of anilines is 1. The number of aryl methyl sites for hydroxylation is 1. The summed E-state index contributed by atoms with van der Waals surface area (Å²) < 4.78 is 17.4. The third-order valence-electron chi connectivity index (χ3n) is 18.2. The molecule has 0 radical (unpaired) electrons. The molecule has 0 spiro atoms. The predicted octanol–water partition coefficient (Wildman–Crippen LogP) is 10.5. The van der Waals surface area contributed by atoms with Crippen LogP contribution in [0, 0.1) is 42.4 Å². The van der Waals surface area contributed by atoms with E-state index in [1.54, 1.807) is 50.4 Å². The van der Waals surface area contributed by atoms with Crippen molar-refractivity contribution in [3.05, 3.63) is 93.5 Å². The molecular formula is C73H107N9O14S. The van der Waals surface area contributed by atoms with Gasteiger partial charge in [0.25, 0.3) is 17.7 Å². The summed E-state index contributed by atoms with van der Waals surface area (Å²) in [7, 11) is 1.35. The molecule has 97 heavy (non-hydrogen) atoms. The Balaban J connectivity index is 1.22. The number of aromatic nitrogens is 1. The molecule has 2 aliphatic heterocycles. The topological polar surface area (TPSA) is 312 Å². The number of ketones is 2. The molecule has 0 saturated carbocycles. The molecule has 3 heterocycles. The fourth-order valence-corrected chi connectivity index (χ4v) is 13.3. The van der Waals surface area contributed by atoms with Crippen LogP contribution >= 0.6 is 11.3 Å². The van der Waals surface area contributed by atoms with Gasteiger partial charge in [0.15, 0.2) is 11.6 Å². The molecule has 1 fully saturated rings. The van der Waals surface area contributed by atoms with E-state index < -0.39 is 60.0 Å². The Morgan fingerprint density at radius 1 is 0.804 bits per heavy atom. The number of nitrogens with one attached hydrogen (secondary N) is 4. The summed E-state index contributed by atoms with van der Waals surface area (Å²) in [6, 6.07) is 11.6. The van der Waals surface area contributed by atoms with Crippen molar-refractivity contribution in [3.8, 4) is 0 Å². The summed E-state index contributed by atoms with van der Waals surface area (Å²) in [5, 5.41) is 13.7. The Morgan fingerprint density at radius 2 is 1.49 bits per heavy atom. The summed E-state index contributed by atoms with van der Waals surface area (Å²) in [4.78, 5) is 156. The van der Waals surface area contributed by atoms with Crippen LogP contribution in [0.4, 0.5) is 15.3 Å². The van der Waals surface area contributed by atoms with Gasteiger partial charge in [-0.3, -0.25) is 53.0 Å². The monoisotopic (exact) mass is 1370 g/mol. The second-order valence-electron chi connectivity index (χ2n) is 26.7. The molecule has 1 aromatic heterocycles. The number of imide groups is 1. The fraction of sp³-hybridized carbons (Fsp3) is 0.616. The number of carbonyl (C=O) groups excluding carboxylic acids is 11. The highest BCUT2D eigenvalue weighted by atomic mass is 32.1. The second kappa shape index (κ2) is 40.8. The zero-order valence-corrected chi connectivity index (χ0v) is 59.8. The Labute approximate surface area is 577 Å². The van der Waals surface area contributed by atoms with Gasteiger partial charge in [0.05, 0.1) is 25.1 Å². The third-order valence-corrected chi connectivity index (χ3v) is 19.2. The maximum Gasteiger partial charge on any atom is 0.410 e. The number of hydrogen-bond donors (Lipinski definition) is 5. The number of piperidine rings is 1. The van der Waals surface area contributed by atoms with Crippen molar-refractivity contribution in [2.45, 2.75) is 215 Å². The molecule has 5 rings (SSSR count). The molecule has 0 bridgehead atoms. The lowest BCUT2D eigenvalue weighted by atomic mass is 9.82. The lowest BCUT2D eigenvalue weighted by Gasteiger charge is -2.40. The first-order valence-corrected chi connectivity index (χ1v) is 35.7. The van der Waals surface area contributed by atoms with Crippen molar-refractivity contribution in [1.82, 2.24) is 35.6 Å². The number of ether oxygens (including phenoxy) is 3. The number of hydrogen-bond acceptors (Lipinski definition) is 16. The summed E-state index contributed by atoms with van der Waals surface area (Å²) in [5.74, 6) is -5.48. The average Bonchev–Trinajstić information content (AvgIpc) is 1.70. The van der Waals surface area contributed by atoms with Gasteiger partial charge in [0.1, 0.15) is 23.4 Å². The van der Waals surface area contributed by atoms with Crippen LogP contribution in [0.25, 0.3) is 0 Å². The van der Waals surface area contributed by atoms with E-state index in [1.165, 1.54) is 35.5 Å². The van der Waals surface area contributed by atoms with Crippen molar-refractivity contribution in [2.24, 2.45) is 41.2 Å². The van der Waals surface area contributed by atoms with Gasteiger partial charge in [-0.1, -0.05) is 117 Å². The minimum atomic E-state index is -0.880. The van der Waals surface area contributed by atoms with E-state index in [1.807, 2.05) is 63.8 Å². The van der Waals surface area contributed by atoms with E-state index in [4.69, 9.17) is 24.9 Å². The van der Waals surface area contributed by atoms with Gasteiger partial charge in [-0.2, -0.15) is 0 Å². The molecule has 2 aliphatic rings. The first kappa shape index (κ1) is 79.8. The maximum absolute atomic E-state index is 15.3. The number of carbonyl (C=O) groups is 11. The fourth-order valence-electron chi connectivity index (χ4n) is 12.4. The number of unbranched alkanes of at least 4 members (excludes halogenated alkanes) is 2. The number of benzene rings is 2. The van der Waals surface area contributed by atoms with Crippen LogP contribution < -0.4 is 27.0 Å². The summed E-state index contributed by atoms with van der Waals surface area (Å²) in [6.45, 7) is 21.0. The first-order chi connectivity index (χ1) is 46.3. The Hall–Kier alpha value is -7.86. The van der Waals surface area contributed by atoms with Gasteiger partial charge in [-0.25, -0.2) is 14.6 Å². The highest BCUT2D eigenvalue weighted by Crippen LogP contribution is 2.35. The number of thiazole rings is 1. The number of amides is 9. The SMILES string of the molecule is CCCO[C@H](C[C@H](C(C)C)N(CCC)C(=O)[C@@H](CC(=O)[C@H]1CCCCN1C(=O)OCc1ccc(NC(=O)[C@H](CCCNC(N)=O)CC(=O)[C@@H](NC(=O)CCCCCN2C(=O)C=CC2=O)C(C)C)cc1)[C@@H](C)CC)c1nc(C(=O)N[C@@H](Cc2ccc(C)cc2)C[C@H](C)C(=O)OC)cs1. The molecule has 3 aromatic rings. The first-order valence-electron chi connectivity index (χ1n) is 34.9. The van der Waals surface area contributed by atoms with E-state index in [0.717, 1.165) is 22.4 Å². The standard InChI is InChI=1S/C73H107N9O14S/c1-12-35-80(59(46(4)5)43-62(95-38-13-2)69-78-57(45-97-69)68(89)77-55(39-50(10)71(91)94-11)40-51-26-24-48(8)25-27-51)70(90)56(49(9)14-3)42-60(83)58-22-17-19-36-81(58)73(93)96-44-52-28-30-54(31-29-52)76-67(88)53(21-20-34-75-72(74)92)41-61(84)66(47(6)7)79-63(85)23-16-15-18-37-82-64(86)32-33-65(82)87/h24-33,45-47,49-50,53,55-56,58-59,62,66H,12-23,34-44H2,1-11H3,(H,76,88)(H,77,89)(H,79,85)(H3,74,75,92)/t49-,50-,53+,55+,56-,58+,59+,62+,66-/m0/s1. The smallest absolute Gasteiger partial charge is 0.410 e. The molecule has 0 aliphatic carbocycles. The number of likely N-dealkylation sites (tertiary alicyclic amines) is 1. The number of primary amides is 1. The number of Topliss-reactive ketones (excluding diaryl/α,β-unsaturated/α-hetero) is 2. The van der Waals surface area contributed by atoms with Crippen molar-refractivity contribution < 1.29 is 67.0 Å². The van der Waals surface area contributed by atoms with Crippen molar-refractivity contribution in [1.29, 1.82) is 0 Å². The molecular weight excluding hydrogens is 1260 g/mol. The molecule has 1 saturated heterocycles. The third kappa shape index (κ3) is 25.5. The number of esters is 1. The van der Waals surface area contributed by atoms with Crippen LogP contribution in [-0.2, 0) is 65.6 Å². The highest BCUT2D eigenvalue weighted by molar-refractivity contribution is 7.09. The number of nitrogens with zero attached hydrogens (tertiary/aromatic N) is 4. The van der Waals surface area contributed by atoms with Crippen molar-refractivity contribution in [3.63, 3.8) is 0 Å². The van der Waals surface area contributed by atoms with Gasteiger partial charge in [-0.05, 0) is 119 Å². The molecule has 9 amide bonds. The zero-order chi connectivity index (χ0) is 71.3.